The van der Waals surface area contributed by atoms with Crippen molar-refractivity contribution in [2.45, 2.75) is 44.2 Å². The third-order valence-electron chi connectivity index (χ3n) is 4.36. The maximum absolute atomic E-state index is 12.3. The van der Waals surface area contributed by atoms with Gasteiger partial charge in [0.15, 0.2) is 0 Å². The van der Waals surface area contributed by atoms with Gasteiger partial charge >= 0.3 is 0 Å². The largest absolute Gasteiger partial charge is 0.394 e. The molecule has 1 unspecified atom stereocenters. The molecule has 1 aliphatic rings. The summed E-state index contributed by atoms with van der Waals surface area (Å²) >= 11 is 0. The number of nitrogens with two attached hydrogens (primary N) is 1. The van der Waals surface area contributed by atoms with Gasteiger partial charge in [0.25, 0.3) is 0 Å². The summed E-state index contributed by atoms with van der Waals surface area (Å²) in [5.41, 5.74) is 6.31. The highest BCUT2D eigenvalue weighted by Crippen LogP contribution is 2.32. The van der Waals surface area contributed by atoms with Crippen molar-refractivity contribution in [2.24, 2.45) is 11.7 Å². The Balaban J connectivity index is 2.02. The lowest BCUT2D eigenvalue weighted by molar-refractivity contribution is -0.125. The highest BCUT2D eigenvalue weighted by Gasteiger charge is 2.36. The molecule has 4 N–H and O–H groups in total. The van der Waals surface area contributed by atoms with Crippen LogP contribution in [0, 0.1) is 5.92 Å². The second kappa shape index (κ2) is 6.37. The molecule has 20 heavy (non-hydrogen) atoms. The Labute approximate surface area is 120 Å². The van der Waals surface area contributed by atoms with Crippen molar-refractivity contribution in [3.8, 4) is 0 Å². The van der Waals surface area contributed by atoms with E-state index in [1.807, 2.05) is 30.3 Å². The van der Waals surface area contributed by atoms with E-state index in [0.29, 0.717) is 5.92 Å². The van der Waals surface area contributed by atoms with E-state index in [1.165, 1.54) is 0 Å². The number of carbonyl (C=O) groups is 1. The molecule has 1 aliphatic carbocycles. The molecular weight excluding hydrogens is 252 g/mol. The highest BCUT2D eigenvalue weighted by atomic mass is 16.3. The molecule has 4 nitrogen and oxygen atoms in total. The van der Waals surface area contributed by atoms with Crippen LogP contribution in [0.2, 0.25) is 0 Å². The van der Waals surface area contributed by atoms with Crippen molar-refractivity contribution in [3.05, 3.63) is 35.9 Å². The van der Waals surface area contributed by atoms with E-state index in [2.05, 4.69) is 12.2 Å². The summed E-state index contributed by atoms with van der Waals surface area (Å²) in [5.74, 6) is 0.453. The molecule has 0 aromatic heterocycles. The van der Waals surface area contributed by atoms with E-state index >= 15 is 0 Å². The molecule has 1 atom stereocenters. The second-order valence-electron chi connectivity index (χ2n) is 6.00. The quantitative estimate of drug-likeness (QED) is 0.784. The van der Waals surface area contributed by atoms with Gasteiger partial charge in [-0.15, -0.1) is 0 Å². The minimum atomic E-state index is -0.682. The lowest BCUT2D eigenvalue weighted by atomic mass is 9.77. The van der Waals surface area contributed by atoms with E-state index in [4.69, 9.17) is 5.73 Å². The van der Waals surface area contributed by atoms with Gasteiger partial charge in [-0.05, 0) is 37.2 Å². The minimum Gasteiger partial charge on any atom is -0.394 e. The van der Waals surface area contributed by atoms with Gasteiger partial charge in [-0.25, -0.2) is 0 Å². The average molecular weight is 276 g/mol. The first kappa shape index (κ1) is 15.0. The summed E-state index contributed by atoms with van der Waals surface area (Å²) < 4.78 is 0. The molecule has 110 valence electrons. The standard InChI is InChI=1S/C16H24N2O2/c1-12-7-9-16(11-19,10-8-12)18-15(20)14(17)13-5-3-2-4-6-13/h2-6,12,14,19H,7-11,17H2,1H3,(H,18,20). The Hall–Kier alpha value is -1.39. The van der Waals surface area contributed by atoms with E-state index in [9.17, 15) is 9.90 Å². The van der Waals surface area contributed by atoms with E-state index in [-0.39, 0.29) is 12.5 Å². The monoisotopic (exact) mass is 276 g/mol. The zero-order valence-electron chi connectivity index (χ0n) is 12.0. The molecule has 2 rings (SSSR count). The molecule has 0 bridgehead atoms. The van der Waals surface area contributed by atoms with Crippen LogP contribution in [0.3, 0.4) is 0 Å². The van der Waals surface area contributed by atoms with Crippen LogP contribution in [0.1, 0.15) is 44.2 Å². The van der Waals surface area contributed by atoms with Crippen LogP contribution < -0.4 is 11.1 Å². The Bertz CT molecular complexity index is 439. The van der Waals surface area contributed by atoms with Gasteiger partial charge in [-0.1, -0.05) is 37.3 Å². The van der Waals surface area contributed by atoms with E-state index < -0.39 is 11.6 Å². The number of benzene rings is 1. The third-order valence-corrected chi connectivity index (χ3v) is 4.36. The van der Waals surface area contributed by atoms with Gasteiger partial charge in [0.05, 0.1) is 12.1 Å². The van der Waals surface area contributed by atoms with Crippen molar-refractivity contribution >= 4 is 5.91 Å². The molecular formula is C16H24N2O2. The number of carbonyl (C=O) groups excluding carboxylic acids is 1. The van der Waals surface area contributed by atoms with Crippen LogP contribution in [-0.4, -0.2) is 23.2 Å². The fourth-order valence-electron chi connectivity index (χ4n) is 2.79. The fourth-order valence-corrected chi connectivity index (χ4v) is 2.79. The summed E-state index contributed by atoms with van der Waals surface area (Å²) in [6, 6.07) is 8.64. The molecule has 0 spiro atoms. The maximum Gasteiger partial charge on any atom is 0.242 e. The molecule has 0 heterocycles. The summed E-state index contributed by atoms with van der Waals surface area (Å²) in [5, 5.41) is 12.7. The van der Waals surface area contributed by atoms with Crippen molar-refractivity contribution in [1.82, 2.24) is 5.32 Å². The maximum atomic E-state index is 12.3. The van der Waals surface area contributed by atoms with Gasteiger partial charge in [-0.2, -0.15) is 0 Å². The molecule has 1 aromatic rings. The van der Waals surface area contributed by atoms with Gasteiger partial charge in [0.1, 0.15) is 6.04 Å². The first-order valence-electron chi connectivity index (χ1n) is 7.30. The van der Waals surface area contributed by atoms with Crippen LogP contribution in [0.15, 0.2) is 30.3 Å². The Morgan fingerprint density at radius 1 is 1.40 bits per heavy atom. The average Bonchev–Trinajstić information content (AvgIpc) is 2.50. The van der Waals surface area contributed by atoms with Crippen LogP contribution in [0.25, 0.3) is 0 Å². The van der Waals surface area contributed by atoms with Crippen LogP contribution in [0.4, 0.5) is 0 Å². The van der Waals surface area contributed by atoms with Crippen LogP contribution in [-0.2, 0) is 4.79 Å². The van der Waals surface area contributed by atoms with Crippen LogP contribution in [0.5, 0.6) is 0 Å². The second-order valence-corrected chi connectivity index (χ2v) is 6.00. The summed E-state index contributed by atoms with van der Waals surface area (Å²) in [6.45, 7) is 2.19. The first-order valence-corrected chi connectivity index (χ1v) is 7.30. The van der Waals surface area contributed by atoms with Crippen LogP contribution >= 0.6 is 0 Å². The number of aliphatic hydroxyl groups excluding tert-OH is 1. The highest BCUT2D eigenvalue weighted by molar-refractivity contribution is 5.83. The fraction of sp³-hybridized carbons (Fsp3) is 0.562. The number of aliphatic hydroxyl groups is 1. The lowest BCUT2D eigenvalue weighted by Gasteiger charge is -2.39. The summed E-state index contributed by atoms with van der Waals surface area (Å²) in [4.78, 5) is 12.3. The number of nitrogens with one attached hydrogen (secondary N) is 1. The van der Waals surface area contributed by atoms with E-state index in [1.54, 1.807) is 0 Å². The van der Waals surface area contributed by atoms with Gasteiger partial charge in [0, 0.05) is 0 Å². The molecule has 4 heteroatoms. The van der Waals surface area contributed by atoms with Gasteiger partial charge < -0.3 is 16.2 Å². The number of hydrogen-bond donors (Lipinski definition) is 3. The molecule has 0 aliphatic heterocycles. The zero-order valence-corrected chi connectivity index (χ0v) is 12.0. The molecule has 1 fully saturated rings. The number of amides is 1. The minimum absolute atomic E-state index is 0.0209. The predicted octanol–water partition coefficient (Wildman–Crippen LogP) is 1.74. The zero-order chi connectivity index (χ0) is 14.6. The molecule has 1 saturated carbocycles. The van der Waals surface area contributed by atoms with Crippen molar-refractivity contribution in [3.63, 3.8) is 0 Å². The van der Waals surface area contributed by atoms with Crippen molar-refractivity contribution in [1.29, 1.82) is 0 Å². The smallest absolute Gasteiger partial charge is 0.242 e. The van der Waals surface area contributed by atoms with Crippen molar-refractivity contribution in [2.75, 3.05) is 6.61 Å². The Morgan fingerprint density at radius 2 is 2.00 bits per heavy atom. The molecule has 0 saturated heterocycles. The SMILES string of the molecule is CC1CCC(CO)(NC(=O)C(N)c2ccccc2)CC1. The predicted molar refractivity (Wildman–Crippen MR) is 79.0 cm³/mol. The summed E-state index contributed by atoms with van der Waals surface area (Å²) in [6.07, 6.45) is 3.69. The van der Waals surface area contributed by atoms with Gasteiger partial charge in [0.2, 0.25) is 5.91 Å². The first-order chi connectivity index (χ1) is 9.56. The van der Waals surface area contributed by atoms with Crippen molar-refractivity contribution < 1.29 is 9.90 Å². The summed E-state index contributed by atoms with van der Waals surface area (Å²) in [7, 11) is 0. The molecule has 1 amide bonds. The molecule has 1 aromatic carbocycles. The molecule has 0 radical (unpaired) electrons. The lowest BCUT2D eigenvalue weighted by Crippen LogP contribution is -2.55. The topological polar surface area (TPSA) is 75.3 Å². The Morgan fingerprint density at radius 3 is 2.55 bits per heavy atom. The normalized spacial score (nSPS) is 27.9. The number of hydrogen-bond acceptors (Lipinski definition) is 3. The Kier molecular flexibility index (Phi) is 4.78. The number of rotatable bonds is 4. The third kappa shape index (κ3) is 3.38. The van der Waals surface area contributed by atoms with Gasteiger partial charge in [-0.3, -0.25) is 4.79 Å². The van der Waals surface area contributed by atoms with E-state index in [0.717, 1.165) is 31.2 Å².